The molecule has 0 aliphatic heterocycles. The number of hydrogen-bond donors (Lipinski definition) is 2. The number of rotatable bonds is 7. The highest BCUT2D eigenvalue weighted by molar-refractivity contribution is 8.00. The van der Waals surface area contributed by atoms with E-state index in [1.165, 1.54) is 30.0 Å². The van der Waals surface area contributed by atoms with Crippen LogP contribution >= 0.6 is 11.8 Å². The predicted molar refractivity (Wildman–Crippen MR) is 103 cm³/mol. The van der Waals surface area contributed by atoms with Crippen LogP contribution in [0.4, 0.5) is 10.1 Å². The number of nitrogens with one attached hydrogen (secondary N) is 1. The summed E-state index contributed by atoms with van der Waals surface area (Å²) < 4.78 is 14.9. The number of aliphatic hydroxyl groups excluding tert-OH is 1. The smallest absolute Gasteiger partial charge is 0.348 e. The van der Waals surface area contributed by atoms with Gasteiger partial charge >= 0.3 is 5.69 Å². The zero-order chi connectivity index (χ0) is 19.2. The highest BCUT2D eigenvalue weighted by Crippen LogP contribution is 2.28. The van der Waals surface area contributed by atoms with Gasteiger partial charge in [-0.15, -0.1) is 0 Å². The first-order valence-electron chi connectivity index (χ1n) is 9.00. The van der Waals surface area contributed by atoms with E-state index in [2.05, 4.69) is 10.3 Å². The Hall–Kier alpha value is -2.19. The lowest BCUT2D eigenvalue weighted by molar-refractivity contribution is -0.113. The molecule has 0 atom stereocenters. The third kappa shape index (κ3) is 4.95. The molecule has 0 bridgehead atoms. The lowest BCUT2D eigenvalue weighted by atomic mass is 9.97. The van der Waals surface area contributed by atoms with E-state index in [0.717, 1.165) is 36.9 Å². The second-order valence-electron chi connectivity index (χ2n) is 6.41. The van der Waals surface area contributed by atoms with Crippen LogP contribution in [0.25, 0.3) is 0 Å². The molecule has 2 aromatic rings. The molecule has 1 aliphatic rings. The number of carbonyl (C=O) groups is 1. The molecule has 0 saturated heterocycles. The van der Waals surface area contributed by atoms with E-state index in [9.17, 15) is 14.0 Å². The molecular formula is C19H22FN3O3S. The first kappa shape index (κ1) is 19.6. The van der Waals surface area contributed by atoms with Crippen LogP contribution in [-0.4, -0.2) is 32.9 Å². The van der Waals surface area contributed by atoms with Gasteiger partial charge in [0.15, 0.2) is 0 Å². The third-order valence-electron chi connectivity index (χ3n) is 4.44. The van der Waals surface area contributed by atoms with Gasteiger partial charge in [-0.25, -0.2) is 9.18 Å². The molecule has 27 heavy (non-hydrogen) atoms. The van der Waals surface area contributed by atoms with Crippen molar-refractivity contribution in [2.24, 2.45) is 0 Å². The second kappa shape index (κ2) is 9.14. The fourth-order valence-corrected chi connectivity index (χ4v) is 4.10. The Kier molecular flexibility index (Phi) is 6.63. The summed E-state index contributed by atoms with van der Waals surface area (Å²) in [6.45, 7) is 0.480. The summed E-state index contributed by atoms with van der Waals surface area (Å²) in [4.78, 5) is 28.8. The minimum absolute atomic E-state index is 0.0258. The minimum Gasteiger partial charge on any atom is -0.396 e. The average Bonchev–Trinajstić information content (AvgIpc) is 2.65. The van der Waals surface area contributed by atoms with Gasteiger partial charge in [0, 0.05) is 30.1 Å². The summed E-state index contributed by atoms with van der Waals surface area (Å²) >= 11 is 1.23. The number of thioether (sulfide) groups is 1. The lowest BCUT2D eigenvalue weighted by Gasteiger charge is -2.22. The maximum absolute atomic E-state index is 13.2. The molecule has 1 amide bonds. The van der Waals surface area contributed by atoms with Crippen molar-refractivity contribution in [2.45, 2.75) is 43.7 Å². The number of carbonyl (C=O) groups excluding carboxylic acids is 1. The number of nitrogens with zero attached hydrogens (tertiary/aromatic N) is 2. The van der Waals surface area contributed by atoms with E-state index in [1.54, 1.807) is 10.6 Å². The third-order valence-corrected chi connectivity index (χ3v) is 5.46. The number of anilines is 1. The molecule has 1 aromatic carbocycles. The maximum Gasteiger partial charge on any atom is 0.348 e. The van der Waals surface area contributed by atoms with Gasteiger partial charge in [-0.05, 0) is 50.3 Å². The number of fused-ring (bicyclic) bond motifs is 1. The summed E-state index contributed by atoms with van der Waals surface area (Å²) in [7, 11) is 0. The molecule has 1 heterocycles. The van der Waals surface area contributed by atoms with Crippen LogP contribution in [0.2, 0.25) is 0 Å². The number of hydrogen-bond acceptors (Lipinski definition) is 5. The zero-order valence-corrected chi connectivity index (χ0v) is 15.7. The molecule has 6 nitrogen and oxygen atoms in total. The summed E-state index contributed by atoms with van der Waals surface area (Å²) in [6.07, 6.45) is 4.18. The van der Waals surface area contributed by atoms with Crippen LogP contribution in [0, 0.1) is 5.82 Å². The highest BCUT2D eigenvalue weighted by atomic mass is 32.2. The largest absolute Gasteiger partial charge is 0.396 e. The standard InChI is InChI=1S/C19H22FN3O3S/c20-13-5-3-6-14(11-13)21-17(25)12-27-18-15-7-1-2-8-16(15)23(9-4-10-24)19(26)22-18/h3,5-6,11,24H,1-2,4,7-10,12H2,(H,21,25). The molecule has 144 valence electrons. The van der Waals surface area contributed by atoms with Crippen molar-refractivity contribution in [1.82, 2.24) is 9.55 Å². The quantitative estimate of drug-likeness (QED) is 0.559. The van der Waals surface area contributed by atoms with Crippen LogP contribution in [-0.2, 0) is 24.2 Å². The molecular weight excluding hydrogens is 369 g/mol. The van der Waals surface area contributed by atoms with Crippen molar-refractivity contribution in [1.29, 1.82) is 0 Å². The molecule has 2 N–H and O–H groups in total. The topological polar surface area (TPSA) is 84.2 Å². The molecule has 1 aromatic heterocycles. The first-order valence-corrected chi connectivity index (χ1v) is 9.98. The van der Waals surface area contributed by atoms with Gasteiger partial charge in [0.05, 0.1) is 5.75 Å². The van der Waals surface area contributed by atoms with Gasteiger partial charge in [0.2, 0.25) is 5.91 Å². The van der Waals surface area contributed by atoms with Crippen molar-refractivity contribution < 1.29 is 14.3 Å². The Balaban J connectivity index is 1.74. The number of benzene rings is 1. The van der Waals surface area contributed by atoms with E-state index in [0.29, 0.717) is 23.7 Å². The van der Waals surface area contributed by atoms with Crippen molar-refractivity contribution in [3.8, 4) is 0 Å². The summed E-state index contributed by atoms with van der Waals surface area (Å²) in [5, 5.41) is 12.3. The number of halogens is 1. The molecule has 0 radical (unpaired) electrons. The number of aromatic nitrogens is 2. The average molecular weight is 391 g/mol. The Bertz CT molecular complexity index is 885. The van der Waals surface area contributed by atoms with Crippen molar-refractivity contribution in [3.05, 3.63) is 51.8 Å². The molecule has 0 fully saturated rings. The lowest BCUT2D eigenvalue weighted by Crippen LogP contribution is -2.30. The van der Waals surface area contributed by atoms with Gasteiger partial charge in [-0.3, -0.25) is 9.36 Å². The molecule has 3 rings (SSSR count). The SMILES string of the molecule is O=C(CSc1nc(=O)n(CCCO)c2c1CCCC2)Nc1cccc(F)c1. The molecule has 0 unspecified atom stereocenters. The van der Waals surface area contributed by atoms with Crippen molar-refractivity contribution >= 4 is 23.4 Å². The van der Waals surface area contributed by atoms with E-state index in [-0.39, 0.29) is 24.0 Å². The monoisotopic (exact) mass is 391 g/mol. The van der Waals surface area contributed by atoms with E-state index >= 15 is 0 Å². The first-order chi connectivity index (χ1) is 13.1. The van der Waals surface area contributed by atoms with Gasteiger partial charge in [-0.2, -0.15) is 4.98 Å². The van der Waals surface area contributed by atoms with Crippen LogP contribution < -0.4 is 11.0 Å². The van der Waals surface area contributed by atoms with Gasteiger partial charge in [0.25, 0.3) is 0 Å². The Morgan fingerprint density at radius 1 is 1.33 bits per heavy atom. The number of amides is 1. The van der Waals surface area contributed by atoms with E-state index < -0.39 is 5.82 Å². The van der Waals surface area contributed by atoms with Gasteiger partial charge < -0.3 is 10.4 Å². The molecule has 1 aliphatic carbocycles. The van der Waals surface area contributed by atoms with Crippen LogP contribution in [0.1, 0.15) is 30.5 Å². The Morgan fingerprint density at radius 2 is 2.15 bits per heavy atom. The van der Waals surface area contributed by atoms with E-state index in [1.807, 2.05) is 0 Å². The van der Waals surface area contributed by atoms with Crippen LogP contribution in [0.15, 0.2) is 34.1 Å². The van der Waals surface area contributed by atoms with Crippen LogP contribution in [0.5, 0.6) is 0 Å². The summed E-state index contributed by atoms with van der Waals surface area (Å²) in [6, 6.07) is 5.72. The highest BCUT2D eigenvalue weighted by Gasteiger charge is 2.21. The molecule has 8 heteroatoms. The predicted octanol–water partition coefficient (Wildman–Crippen LogP) is 2.37. The second-order valence-corrected chi connectivity index (χ2v) is 7.37. The van der Waals surface area contributed by atoms with Gasteiger partial charge in [0.1, 0.15) is 10.8 Å². The Morgan fingerprint density at radius 3 is 2.93 bits per heavy atom. The minimum atomic E-state index is -0.414. The molecule has 0 saturated carbocycles. The fraction of sp³-hybridized carbons (Fsp3) is 0.421. The molecule has 0 spiro atoms. The van der Waals surface area contributed by atoms with E-state index in [4.69, 9.17) is 5.11 Å². The van der Waals surface area contributed by atoms with Crippen molar-refractivity contribution in [3.63, 3.8) is 0 Å². The normalized spacial score (nSPS) is 13.3. The van der Waals surface area contributed by atoms with Gasteiger partial charge in [-0.1, -0.05) is 17.8 Å². The van der Waals surface area contributed by atoms with Crippen molar-refractivity contribution in [2.75, 3.05) is 17.7 Å². The fourth-order valence-electron chi connectivity index (χ4n) is 3.22. The summed E-state index contributed by atoms with van der Waals surface area (Å²) in [5.41, 5.74) is 2.07. The van der Waals surface area contributed by atoms with Crippen LogP contribution in [0.3, 0.4) is 0 Å². The Labute approximate surface area is 160 Å². The maximum atomic E-state index is 13.2. The zero-order valence-electron chi connectivity index (χ0n) is 14.9. The summed E-state index contributed by atoms with van der Waals surface area (Å²) in [5.74, 6) is -0.597. The number of aliphatic hydroxyl groups is 1.